The van der Waals surface area contributed by atoms with Crippen LogP contribution in [0.5, 0.6) is 0 Å². The third-order valence-electron chi connectivity index (χ3n) is 4.46. The first-order valence-corrected chi connectivity index (χ1v) is 10.5. The van der Waals surface area contributed by atoms with E-state index in [9.17, 15) is 4.79 Å². The third kappa shape index (κ3) is 4.46. The molecule has 0 aliphatic heterocycles. The number of hydrogen-bond donors (Lipinski definition) is 1. The summed E-state index contributed by atoms with van der Waals surface area (Å²) in [6.07, 6.45) is 0. The molecular weight excluding hydrogens is 406 g/mol. The minimum atomic E-state index is -0.102. The van der Waals surface area contributed by atoms with Gasteiger partial charge < -0.3 is 9.88 Å². The van der Waals surface area contributed by atoms with Crippen LogP contribution >= 0.6 is 23.4 Å². The molecular formula is C21H20ClN5OS. The molecule has 0 unspecified atom stereocenters. The largest absolute Gasteiger partial charge is 0.314 e. The van der Waals surface area contributed by atoms with Crippen molar-refractivity contribution < 1.29 is 4.79 Å². The smallest absolute Gasteiger partial charge is 0.235 e. The number of anilines is 1. The van der Waals surface area contributed by atoms with Crippen LogP contribution in [0.4, 0.5) is 5.82 Å². The van der Waals surface area contributed by atoms with E-state index >= 15 is 0 Å². The van der Waals surface area contributed by atoms with E-state index in [2.05, 4.69) is 27.1 Å². The molecule has 0 bridgehead atoms. The molecule has 0 saturated carbocycles. The molecule has 0 saturated heterocycles. The Hall–Kier alpha value is -2.77. The number of aryl methyl sites for hydroxylation is 2. The Bertz CT molecular complexity index is 1170. The Kier molecular flexibility index (Phi) is 5.60. The molecule has 2 aromatic heterocycles. The number of nitrogens with one attached hydrogen (secondary N) is 1. The number of halogens is 1. The van der Waals surface area contributed by atoms with Gasteiger partial charge in [-0.2, -0.15) is 5.10 Å². The van der Waals surface area contributed by atoms with Crippen molar-refractivity contribution in [1.29, 1.82) is 0 Å². The van der Waals surface area contributed by atoms with Gasteiger partial charge in [-0.05, 0) is 30.7 Å². The molecule has 4 rings (SSSR count). The van der Waals surface area contributed by atoms with E-state index in [1.807, 2.05) is 49.4 Å². The number of fused-ring (bicyclic) bond motifs is 1. The average Bonchev–Trinajstić information content (AvgIpc) is 3.19. The second-order valence-corrected chi connectivity index (χ2v) is 8.11. The number of hydrogen-bond acceptors (Lipinski definition) is 4. The van der Waals surface area contributed by atoms with Crippen molar-refractivity contribution >= 4 is 46.1 Å². The van der Waals surface area contributed by atoms with Crippen molar-refractivity contribution in [2.45, 2.75) is 18.6 Å². The van der Waals surface area contributed by atoms with Gasteiger partial charge in [0.25, 0.3) is 0 Å². The summed E-state index contributed by atoms with van der Waals surface area (Å²) >= 11 is 7.55. The minimum Gasteiger partial charge on any atom is -0.314 e. The van der Waals surface area contributed by atoms with Crippen LogP contribution in [0.25, 0.3) is 11.0 Å². The van der Waals surface area contributed by atoms with E-state index in [1.54, 1.807) is 11.7 Å². The average molecular weight is 426 g/mol. The molecule has 0 spiro atoms. The van der Waals surface area contributed by atoms with Gasteiger partial charge in [0, 0.05) is 18.1 Å². The van der Waals surface area contributed by atoms with Crippen molar-refractivity contribution in [3.63, 3.8) is 0 Å². The second-order valence-electron chi connectivity index (χ2n) is 6.73. The Morgan fingerprint density at radius 2 is 1.97 bits per heavy atom. The van der Waals surface area contributed by atoms with Gasteiger partial charge in [0.05, 0.1) is 29.0 Å². The number of thioether (sulfide) groups is 1. The predicted molar refractivity (Wildman–Crippen MR) is 118 cm³/mol. The van der Waals surface area contributed by atoms with Crippen molar-refractivity contribution in [2.75, 3.05) is 11.1 Å². The van der Waals surface area contributed by atoms with Crippen LogP contribution in [0.2, 0.25) is 5.02 Å². The van der Waals surface area contributed by atoms with Crippen LogP contribution in [0.3, 0.4) is 0 Å². The first-order valence-electron chi connectivity index (χ1n) is 9.12. The van der Waals surface area contributed by atoms with E-state index in [0.717, 1.165) is 21.9 Å². The van der Waals surface area contributed by atoms with Gasteiger partial charge in [0.2, 0.25) is 5.91 Å². The van der Waals surface area contributed by atoms with Crippen molar-refractivity contribution in [2.24, 2.45) is 7.05 Å². The summed E-state index contributed by atoms with van der Waals surface area (Å²) in [5, 5.41) is 8.56. The lowest BCUT2D eigenvalue weighted by atomic mass is 10.2. The summed E-state index contributed by atoms with van der Waals surface area (Å²) in [4.78, 5) is 17.2. The van der Waals surface area contributed by atoms with Crippen LogP contribution in [-0.2, 0) is 18.4 Å². The lowest BCUT2D eigenvalue weighted by molar-refractivity contribution is -0.113. The predicted octanol–water partition coefficient (Wildman–Crippen LogP) is 4.51. The van der Waals surface area contributed by atoms with Crippen LogP contribution in [0.15, 0.2) is 59.8 Å². The molecule has 2 aromatic carbocycles. The monoisotopic (exact) mass is 425 g/mol. The van der Waals surface area contributed by atoms with Gasteiger partial charge in [-0.3, -0.25) is 9.48 Å². The Labute approximate surface area is 177 Å². The number of rotatable bonds is 6. The van der Waals surface area contributed by atoms with Gasteiger partial charge in [-0.15, -0.1) is 0 Å². The number of benzene rings is 2. The SMILES string of the molecule is Cc1cc(NC(=O)CSc2nc3cc(Cl)ccc3n2Cc2ccccc2)n(C)n1. The molecule has 1 amide bonds. The molecule has 6 nitrogen and oxygen atoms in total. The highest BCUT2D eigenvalue weighted by atomic mass is 35.5. The molecule has 0 radical (unpaired) electrons. The van der Waals surface area contributed by atoms with Crippen molar-refractivity contribution in [1.82, 2.24) is 19.3 Å². The van der Waals surface area contributed by atoms with E-state index in [1.165, 1.54) is 17.3 Å². The standard InChI is InChI=1S/C21H20ClN5OS/c1-14-10-19(26(2)25-14)24-20(28)13-29-21-23-17-11-16(22)8-9-18(17)27(21)12-15-6-4-3-5-7-15/h3-11H,12-13H2,1-2H3,(H,24,28). The van der Waals surface area contributed by atoms with E-state index < -0.39 is 0 Å². The Morgan fingerprint density at radius 3 is 2.69 bits per heavy atom. The lowest BCUT2D eigenvalue weighted by Crippen LogP contribution is -2.17. The van der Waals surface area contributed by atoms with E-state index in [0.29, 0.717) is 17.4 Å². The first kappa shape index (κ1) is 19.5. The fourth-order valence-corrected chi connectivity index (χ4v) is 4.13. The van der Waals surface area contributed by atoms with Gasteiger partial charge in [-0.1, -0.05) is 53.7 Å². The summed E-state index contributed by atoms with van der Waals surface area (Å²) in [7, 11) is 1.80. The summed E-state index contributed by atoms with van der Waals surface area (Å²) < 4.78 is 3.78. The topological polar surface area (TPSA) is 64.7 Å². The Balaban J connectivity index is 1.56. The fraction of sp³-hybridized carbons (Fsp3) is 0.190. The van der Waals surface area contributed by atoms with Gasteiger partial charge >= 0.3 is 0 Å². The molecule has 4 aromatic rings. The zero-order valence-electron chi connectivity index (χ0n) is 16.1. The molecule has 0 fully saturated rings. The molecule has 148 valence electrons. The number of nitrogens with zero attached hydrogens (tertiary/aromatic N) is 4. The van der Waals surface area contributed by atoms with E-state index in [-0.39, 0.29) is 11.7 Å². The van der Waals surface area contributed by atoms with Gasteiger partial charge in [0.15, 0.2) is 5.16 Å². The number of imidazole rings is 1. The van der Waals surface area contributed by atoms with Crippen molar-refractivity contribution in [3.05, 3.63) is 70.9 Å². The number of carbonyl (C=O) groups is 1. The zero-order valence-corrected chi connectivity index (χ0v) is 17.7. The maximum absolute atomic E-state index is 12.5. The van der Waals surface area contributed by atoms with Gasteiger partial charge in [0.1, 0.15) is 5.82 Å². The molecule has 8 heteroatoms. The number of carbonyl (C=O) groups excluding carboxylic acids is 1. The molecule has 29 heavy (non-hydrogen) atoms. The van der Waals surface area contributed by atoms with Crippen LogP contribution in [-0.4, -0.2) is 31.0 Å². The number of aromatic nitrogens is 4. The highest BCUT2D eigenvalue weighted by Gasteiger charge is 2.15. The number of amides is 1. The Morgan fingerprint density at radius 1 is 1.17 bits per heavy atom. The molecule has 1 N–H and O–H groups in total. The maximum atomic E-state index is 12.5. The molecule has 0 atom stereocenters. The van der Waals surface area contributed by atoms with E-state index in [4.69, 9.17) is 16.6 Å². The summed E-state index contributed by atoms with van der Waals surface area (Å²) in [5.41, 5.74) is 3.83. The lowest BCUT2D eigenvalue weighted by Gasteiger charge is -2.09. The third-order valence-corrected chi connectivity index (χ3v) is 5.67. The quantitative estimate of drug-likeness (QED) is 0.461. The first-order chi connectivity index (χ1) is 14.0. The van der Waals surface area contributed by atoms with Crippen LogP contribution in [0.1, 0.15) is 11.3 Å². The maximum Gasteiger partial charge on any atom is 0.235 e. The minimum absolute atomic E-state index is 0.102. The van der Waals surface area contributed by atoms with Crippen molar-refractivity contribution in [3.8, 4) is 0 Å². The zero-order chi connectivity index (χ0) is 20.4. The molecule has 0 aliphatic rings. The summed E-state index contributed by atoms with van der Waals surface area (Å²) in [6, 6.07) is 17.7. The molecule has 2 heterocycles. The second kappa shape index (κ2) is 8.31. The van der Waals surface area contributed by atoms with Gasteiger partial charge in [-0.25, -0.2) is 4.98 Å². The fourth-order valence-electron chi connectivity index (χ4n) is 3.15. The van der Waals surface area contributed by atoms with Crippen LogP contribution < -0.4 is 5.32 Å². The normalized spacial score (nSPS) is 11.1. The highest BCUT2D eigenvalue weighted by molar-refractivity contribution is 7.99. The summed E-state index contributed by atoms with van der Waals surface area (Å²) in [5.74, 6) is 0.822. The van der Waals surface area contributed by atoms with Crippen LogP contribution in [0, 0.1) is 6.92 Å². The summed E-state index contributed by atoms with van der Waals surface area (Å²) in [6.45, 7) is 2.56. The molecule has 0 aliphatic carbocycles. The highest BCUT2D eigenvalue weighted by Crippen LogP contribution is 2.27.